The number of carbonyl (C=O) groups excluding carboxylic acids is 1. The number of esters is 1. The predicted octanol–water partition coefficient (Wildman–Crippen LogP) is 3.12. The molecule has 1 unspecified atom stereocenters. The summed E-state index contributed by atoms with van der Waals surface area (Å²) in [6.45, 7) is -0.208. The molecule has 0 saturated carbocycles. The zero-order valence-electron chi connectivity index (χ0n) is 22.1. The molecule has 0 aromatic heterocycles. The molecule has 0 spiro atoms. The lowest BCUT2D eigenvalue weighted by atomic mass is 9.91. The molecule has 2 fully saturated rings. The molecular formula is C28H29NO9S2. The summed E-state index contributed by atoms with van der Waals surface area (Å²) >= 11 is 0. The highest BCUT2D eigenvalue weighted by Crippen LogP contribution is 2.56. The molecule has 40 heavy (non-hydrogen) atoms. The molecule has 2 aliphatic rings. The van der Waals surface area contributed by atoms with Gasteiger partial charge in [-0.25, -0.2) is 16.8 Å². The number of benzene rings is 3. The summed E-state index contributed by atoms with van der Waals surface area (Å²) in [4.78, 5) is 16.3. The van der Waals surface area contributed by atoms with Crippen LogP contribution in [0.4, 0.5) is 0 Å². The van der Waals surface area contributed by atoms with Gasteiger partial charge >= 0.3 is 5.97 Å². The number of rotatable bonds is 9. The van der Waals surface area contributed by atoms with E-state index in [0.29, 0.717) is 22.6 Å². The fourth-order valence-corrected chi connectivity index (χ4v) is 9.95. The Morgan fingerprint density at radius 1 is 0.900 bits per heavy atom. The first-order chi connectivity index (χ1) is 19.1. The first-order valence-electron chi connectivity index (χ1n) is 12.4. The number of carbonyl (C=O) groups is 1. The van der Waals surface area contributed by atoms with Gasteiger partial charge in [0.05, 0.1) is 43.6 Å². The van der Waals surface area contributed by atoms with Crippen LogP contribution >= 0.6 is 0 Å². The number of fused-ring (bicyclic) bond motifs is 2. The van der Waals surface area contributed by atoms with Crippen LogP contribution in [-0.4, -0.2) is 65.9 Å². The fourth-order valence-electron chi connectivity index (χ4n) is 5.46. The van der Waals surface area contributed by atoms with Gasteiger partial charge in [-0.1, -0.05) is 36.4 Å². The van der Waals surface area contributed by atoms with Crippen molar-refractivity contribution in [1.29, 1.82) is 0 Å². The van der Waals surface area contributed by atoms with E-state index in [1.165, 1.54) is 50.7 Å². The summed E-state index contributed by atoms with van der Waals surface area (Å²) in [5.74, 6) is 0.229. The van der Waals surface area contributed by atoms with Gasteiger partial charge in [0, 0.05) is 13.0 Å². The summed E-state index contributed by atoms with van der Waals surface area (Å²) in [5, 5.41) is -0.0127. The number of ether oxygens (including phenoxy) is 3. The van der Waals surface area contributed by atoms with Crippen molar-refractivity contribution in [3.63, 3.8) is 0 Å². The van der Waals surface area contributed by atoms with E-state index in [-0.39, 0.29) is 29.2 Å². The van der Waals surface area contributed by atoms with E-state index in [1.807, 2.05) is 0 Å². The molecule has 2 bridgehead atoms. The molecule has 10 nitrogen and oxygen atoms in total. The highest BCUT2D eigenvalue weighted by atomic mass is 32.2. The third kappa shape index (κ3) is 4.44. The third-order valence-electron chi connectivity index (χ3n) is 7.46. The van der Waals surface area contributed by atoms with Gasteiger partial charge in [-0.15, -0.1) is 0 Å². The van der Waals surface area contributed by atoms with E-state index in [4.69, 9.17) is 19.0 Å². The van der Waals surface area contributed by atoms with E-state index < -0.39 is 41.9 Å². The molecule has 2 heterocycles. The molecule has 2 aliphatic heterocycles. The summed E-state index contributed by atoms with van der Waals surface area (Å²) < 4.78 is 72.2. The van der Waals surface area contributed by atoms with Gasteiger partial charge < -0.3 is 14.2 Å². The van der Waals surface area contributed by atoms with Gasteiger partial charge in [0.2, 0.25) is 14.8 Å². The second-order valence-electron chi connectivity index (χ2n) is 9.54. The lowest BCUT2D eigenvalue weighted by Crippen LogP contribution is -2.52. The van der Waals surface area contributed by atoms with Crippen LogP contribution in [0, 0.1) is 0 Å². The minimum atomic E-state index is -4.35. The van der Waals surface area contributed by atoms with Crippen molar-refractivity contribution in [2.75, 3.05) is 27.9 Å². The largest absolute Gasteiger partial charge is 0.493 e. The Hall–Kier alpha value is -3.45. The fraction of sp³-hybridized carbons (Fsp3) is 0.321. The number of sulfone groups is 2. The SMILES string of the molecule is COC(=O)Cc1cc(OC)c(OC)cc1[C@@H]1C[C@]2(S(=O)(=O)c3ccccc3)ON1C[C@@H]2S(=O)(=O)c1ccccc1. The first kappa shape index (κ1) is 28.1. The number of hydroxylamine groups is 2. The summed E-state index contributed by atoms with van der Waals surface area (Å²) in [6.07, 6.45) is -0.328. The molecule has 0 amide bonds. The Morgan fingerprint density at radius 2 is 1.48 bits per heavy atom. The molecule has 5 rings (SSSR count). The average Bonchev–Trinajstić information content (AvgIpc) is 3.57. The zero-order valence-corrected chi connectivity index (χ0v) is 23.8. The Morgan fingerprint density at radius 3 is 2.05 bits per heavy atom. The van der Waals surface area contributed by atoms with Gasteiger partial charge in [-0.3, -0.25) is 9.63 Å². The molecule has 2 saturated heterocycles. The molecule has 3 aromatic carbocycles. The lowest BCUT2D eigenvalue weighted by molar-refractivity contribution is -0.139. The minimum Gasteiger partial charge on any atom is -0.493 e. The summed E-state index contributed by atoms with van der Waals surface area (Å²) in [5.41, 5.74) is 1.06. The van der Waals surface area contributed by atoms with Crippen molar-refractivity contribution in [1.82, 2.24) is 5.06 Å². The Labute approximate surface area is 233 Å². The molecular weight excluding hydrogens is 558 g/mol. The van der Waals surface area contributed by atoms with Crippen LogP contribution in [0.2, 0.25) is 0 Å². The minimum absolute atomic E-state index is 0.00836. The standard InChI is InChI=1S/C28H29NO9S2/c1-35-24-14-19(15-27(30)37-3)22(16-25(24)36-2)23-17-28(40(33,34)21-12-8-5-9-13-21)26(18-29(23)38-28)39(31,32)20-10-6-4-7-11-20/h4-14,16,23,26H,15,17-18H2,1-3H3/t23-,26-,28+/m0/s1. The number of methoxy groups -OCH3 is 3. The van der Waals surface area contributed by atoms with Gasteiger partial charge in [0.25, 0.3) is 0 Å². The highest BCUT2D eigenvalue weighted by molar-refractivity contribution is 7.96. The van der Waals surface area contributed by atoms with Crippen LogP contribution in [-0.2, 0) is 40.5 Å². The van der Waals surface area contributed by atoms with Gasteiger partial charge in [0.1, 0.15) is 5.25 Å². The molecule has 212 valence electrons. The Kier molecular flexibility index (Phi) is 7.38. The van der Waals surface area contributed by atoms with Crippen LogP contribution in [0.25, 0.3) is 0 Å². The average molecular weight is 588 g/mol. The smallest absolute Gasteiger partial charge is 0.309 e. The summed E-state index contributed by atoms with van der Waals surface area (Å²) in [7, 11) is -4.30. The van der Waals surface area contributed by atoms with Crippen molar-refractivity contribution in [2.24, 2.45) is 0 Å². The maximum atomic E-state index is 14.3. The molecule has 12 heteroatoms. The van der Waals surface area contributed by atoms with E-state index in [2.05, 4.69) is 0 Å². The molecule has 0 aliphatic carbocycles. The first-order valence-corrected chi connectivity index (χ1v) is 15.5. The Balaban J connectivity index is 1.67. The normalized spacial score (nSPS) is 24.0. The second kappa shape index (κ2) is 10.5. The van der Waals surface area contributed by atoms with Crippen molar-refractivity contribution >= 4 is 25.6 Å². The van der Waals surface area contributed by atoms with Crippen molar-refractivity contribution in [3.8, 4) is 11.5 Å². The van der Waals surface area contributed by atoms with E-state index in [1.54, 1.807) is 48.5 Å². The van der Waals surface area contributed by atoms with Crippen molar-refractivity contribution < 1.29 is 40.7 Å². The summed E-state index contributed by atoms with van der Waals surface area (Å²) in [6, 6.07) is 18.0. The number of piperidine rings is 1. The van der Waals surface area contributed by atoms with E-state index in [0.717, 1.165) is 0 Å². The van der Waals surface area contributed by atoms with E-state index >= 15 is 0 Å². The number of nitrogens with zero attached hydrogens (tertiary/aromatic N) is 1. The van der Waals surface area contributed by atoms with Gasteiger partial charge in [-0.05, 0) is 47.5 Å². The monoisotopic (exact) mass is 587 g/mol. The van der Waals surface area contributed by atoms with Crippen LogP contribution in [0.1, 0.15) is 23.6 Å². The van der Waals surface area contributed by atoms with Crippen LogP contribution < -0.4 is 9.47 Å². The Bertz CT molecular complexity index is 1630. The van der Waals surface area contributed by atoms with Crippen LogP contribution in [0.3, 0.4) is 0 Å². The molecule has 4 atom stereocenters. The molecule has 0 radical (unpaired) electrons. The lowest BCUT2D eigenvalue weighted by Gasteiger charge is -2.33. The van der Waals surface area contributed by atoms with Crippen molar-refractivity contribution in [3.05, 3.63) is 83.9 Å². The zero-order chi connectivity index (χ0) is 28.7. The van der Waals surface area contributed by atoms with Gasteiger partial charge in [0.15, 0.2) is 21.3 Å². The van der Waals surface area contributed by atoms with Gasteiger partial charge in [-0.2, -0.15) is 5.06 Å². The number of hydrogen-bond donors (Lipinski definition) is 0. The highest BCUT2D eigenvalue weighted by Gasteiger charge is 2.69. The third-order valence-corrected chi connectivity index (χ3v) is 12.1. The predicted molar refractivity (Wildman–Crippen MR) is 144 cm³/mol. The van der Waals surface area contributed by atoms with Crippen LogP contribution in [0.5, 0.6) is 11.5 Å². The van der Waals surface area contributed by atoms with Crippen molar-refractivity contribution in [2.45, 2.75) is 38.9 Å². The second-order valence-corrected chi connectivity index (χ2v) is 13.8. The quantitative estimate of drug-likeness (QED) is 0.345. The van der Waals surface area contributed by atoms with Crippen LogP contribution in [0.15, 0.2) is 82.6 Å². The molecule has 3 aromatic rings. The maximum Gasteiger partial charge on any atom is 0.309 e. The maximum absolute atomic E-state index is 14.3. The van der Waals surface area contributed by atoms with E-state index in [9.17, 15) is 21.6 Å². The topological polar surface area (TPSA) is 126 Å². The number of hydrogen-bond acceptors (Lipinski definition) is 10. The molecule has 0 N–H and O–H groups in total.